The van der Waals surface area contributed by atoms with E-state index in [-0.39, 0.29) is 11.5 Å². The summed E-state index contributed by atoms with van der Waals surface area (Å²) in [6, 6.07) is 1.02. The largest absolute Gasteiger partial charge is 0.381 e. The first kappa shape index (κ1) is 7.30. The second-order valence-electron chi connectivity index (χ2n) is 1.75. The van der Waals surface area contributed by atoms with Crippen LogP contribution in [0, 0.1) is 5.82 Å². The Morgan fingerprint density at radius 1 is 1.73 bits per heavy atom. The summed E-state index contributed by atoms with van der Waals surface area (Å²) in [5.74, 6) is -0.892. The number of pyridine rings is 1. The summed E-state index contributed by atoms with van der Waals surface area (Å²) >= 11 is 0. The predicted octanol–water partition coefficient (Wildman–Crippen LogP) is 1.74. The van der Waals surface area contributed by atoms with E-state index in [1.54, 1.807) is 0 Å². The third kappa shape index (κ3) is 1.56. The Morgan fingerprint density at radius 3 is 3.00 bits per heavy atom. The average Bonchev–Trinajstić information content (AvgIpc) is 1.98. The van der Waals surface area contributed by atoms with Crippen molar-refractivity contribution < 1.29 is 4.39 Å². The monoisotopic (exact) mass is 153 g/mol. The van der Waals surface area contributed by atoms with Crippen LogP contribution >= 0.6 is 0 Å². The number of azide groups is 1. The van der Waals surface area contributed by atoms with Crippen LogP contribution in [0.1, 0.15) is 0 Å². The Balaban J connectivity index is 3.14. The maximum atomic E-state index is 12.5. The second kappa shape index (κ2) is 2.85. The van der Waals surface area contributed by atoms with Crippen molar-refractivity contribution in [3.63, 3.8) is 0 Å². The highest BCUT2D eigenvalue weighted by Gasteiger charge is 1.98. The van der Waals surface area contributed by atoms with Crippen molar-refractivity contribution in [2.24, 2.45) is 5.11 Å². The van der Waals surface area contributed by atoms with Gasteiger partial charge < -0.3 is 5.73 Å². The summed E-state index contributed by atoms with van der Waals surface area (Å²) in [5.41, 5.74) is 13.1. The van der Waals surface area contributed by atoms with Crippen molar-refractivity contribution in [2.45, 2.75) is 0 Å². The van der Waals surface area contributed by atoms with Crippen molar-refractivity contribution in [1.29, 1.82) is 0 Å². The van der Waals surface area contributed by atoms with Crippen molar-refractivity contribution in [3.8, 4) is 0 Å². The molecule has 1 aromatic rings. The van der Waals surface area contributed by atoms with Gasteiger partial charge in [0.2, 0.25) is 0 Å². The summed E-state index contributed by atoms with van der Waals surface area (Å²) < 4.78 is 12.5. The highest BCUT2D eigenvalue weighted by Crippen LogP contribution is 2.15. The fourth-order valence-corrected chi connectivity index (χ4v) is 0.545. The van der Waals surface area contributed by atoms with Crippen molar-refractivity contribution in [1.82, 2.24) is 4.98 Å². The van der Waals surface area contributed by atoms with E-state index in [0.717, 1.165) is 6.07 Å². The Morgan fingerprint density at radius 2 is 2.45 bits per heavy atom. The van der Waals surface area contributed by atoms with Crippen LogP contribution in [0.3, 0.4) is 0 Å². The molecule has 56 valence electrons. The number of hydrogen-bond acceptors (Lipinski definition) is 3. The van der Waals surface area contributed by atoms with E-state index in [1.165, 1.54) is 6.20 Å². The first-order valence-corrected chi connectivity index (χ1v) is 2.70. The number of rotatable bonds is 1. The van der Waals surface area contributed by atoms with Crippen LogP contribution in [0.5, 0.6) is 0 Å². The van der Waals surface area contributed by atoms with Gasteiger partial charge in [-0.3, -0.25) is 0 Å². The summed E-state index contributed by atoms with van der Waals surface area (Å²) in [6.45, 7) is 0. The van der Waals surface area contributed by atoms with Crippen LogP contribution in [-0.2, 0) is 0 Å². The van der Waals surface area contributed by atoms with E-state index in [2.05, 4.69) is 15.0 Å². The van der Waals surface area contributed by atoms with E-state index < -0.39 is 5.82 Å². The Labute approximate surface area is 61.3 Å². The molecule has 6 heteroatoms. The van der Waals surface area contributed by atoms with Crippen LogP contribution < -0.4 is 5.73 Å². The molecule has 0 unspecified atom stereocenters. The number of hydrogen-bond donors (Lipinski definition) is 1. The zero-order valence-electron chi connectivity index (χ0n) is 5.40. The third-order valence-corrected chi connectivity index (χ3v) is 1.02. The molecule has 0 saturated carbocycles. The third-order valence-electron chi connectivity index (χ3n) is 1.02. The molecule has 0 radical (unpaired) electrons. The maximum absolute atomic E-state index is 12.5. The van der Waals surface area contributed by atoms with Crippen LogP contribution in [-0.4, -0.2) is 4.98 Å². The van der Waals surface area contributed by atoms with E-state index in [0.29, 0.717) is 0 Å². The second-order valence-corrected chi connectivity index (χ2v) is 1.75. The van der Waals surface area contributed by atoms with Crippen molar-refractivity contribution in [3.05, 3.63) is 28.5 Å². The quantitative estimate of drug-likeness (QED) is 0.378. The maximum Gasteiger partial charge on any atom is 0.165 e. The molecule has 11 heavy (non-hydrogen) atoms. The first-order valence-electron chi connectivity index (χ1n) is 2.70. The molecule has 0 saturated heterocycles. The highest BCUT2D eigenvalue weighted by atomic mass is 19.1. The molecule has 1 aromatic heterocycles. The lowest BCUT2D eigenvalue weighted by Crippen LogP contribution is -1.92. The minimum Gasteiger partial charge on any atom is -0.381 e. The predicted molar refractivity (Wildman–Crippen MR) is 37.4 cm³/mol. The first-order chi connectivity index (χ1) is 5.24. The minimum absolute atomic E-state index is 0.110. The summed E-state index contributed by atoms with van der Waals surface area (Å²) in [4.78, 5) is 5.89. The van der Waals surface area contributed by atoms with E-state index in [1.807, 2.05) is 0 Å². The summed E-state index contributed by atoms with van der Waals surface area (Å²) in [7, 11) is 0. The Kier molecular flexibility index (Phi) is 1.89. The molecule has 5 nitrogen and oxygen atoms in total. The lowest BCUT2D eigenvalue weighted by molar-refractivity contribution is 0.627. The summed E-state index contributed by atoms with van der Waals surface area (Å²) in [5, 5.41) is 3.13. The van der Waals surface area contributed by atoms with Gasteiger partial charge in [-0.15, -0.1) is 0 Å². The van der Waals surface area contributed by atoms with Gasteiger partial charge in [-0.1, -0.05) is 5.11 Å². The van der Waals surface area contributed by atoms with E-state index in [9.17, 15) is 4.39 Å². The van der Waals surface area contributed by atoms with Crippen molar-refractivity contribution >= 4 is 11.5 Å². The molecule has 0 spiro atoms. The lowest BCUT2D eigenvalue weighted by Gasteiger charge is -1.93. The van der Waals surface area contributed by atoms with Gasteiger partial charge in [-0.05, 0) is 11.6 Å². The molecule has 0 aromatic carbocycles. The van der Waals surface area contributed by atoms with Crippen molar-refractivity contribution in [2.75, 3.05) is 5.73 Å². The summed E-state index contributed by atoms with van der Waals surface area (Å²) in [6.07, 6.45) is 1.19. The molecular formula is C5H4FN5. The van der Waals surface area contributed by atoms with Gasteiger partial charge >= 0.3 is 0 Å². The molecule has 0 amide bonds. The molecular weight excluding hydrogens is 149 g/mol. The topological polar surface area (TPSA) is 87.7 Å². The zero-order valence-corrected chi connectivity index (χ0v) is 5.40. The molecule has 0 aliphatic heterocycles. The fraction of sp³-hybridized carbons (Fsp3) is 0. The van der Waals surface area contributed by atoms with Crippen LogP contribution in [0.25, 0.3) is 10.4 Å². The Hall–Kier alpha value is -1.81. The van der Waals surface area contributed by atoms with E-state index >= 15 is 0 Å². The molecule has 0 bridgehead atoms. The van der Waals surface area contributed by atoms with Gasteiger partial charge in [0.25, 0.3) is 0 Å². The van der Waals surface area contributed by atoms with Crippen LogP contribution in [0.4, 0.5) is 15.9 Å². The van der Waals surface area contributed by atoms with Gasteiger partial charge in [-0.2, -0.15) is 0 Å². The molecule has 0 aliphatic carbocycles. The molecule has 1 rings (SSSR count). The smallest absolute Gasteiger partial charge is 0.165 e. The number of anilines is 1. The molecule has 0 fully saturated rings. The Bertz CT molecular complexity index is 317. The normalized spacial score (nSPS) is 8.82. The SMILES string of the molecule is [N-]=[N+]=Nc1cnc(N)c(F)c1. The number of aromatic nitrogens is 1. The van der Waals surface area contributed by atoms with Gasteiger partial charge in [-0.25, -0.2) is 9.37 Å². The zero-order chi connectivity index (χ0) is 8.27. The highest BCUT2D eigenvalue weighted by molar-refractivity contribution is 5.41. The number of halogens is 1. The number of nitrogens with zero attached hydrogens (tertiary/aromatic N) is 4. The lowest BCUT2D eigenvalue weighted by atomic mass is 10.4. The minimum atomic E-state index is -0.685. The molecule has 2 N–H and O–H groups in total. The molecule has 1 heterocycles. The molecule has 0 atom stereocenters. The average molecular weight is 153 g/mol. The van der Waals surface area contributed by atoms with Gasteiger partial charge in [0.05, 0.1) is 5.69 Å². The number of nitrogen functional groups attached to an aromatic ring is 1. The van der Waals surface area contributed by atoms with Gasteiger partial charge in [0.15, 0.2) is 11.6 Å². The number of nitrogens with two attached hydrogens (primary N) is 1. The van der Waals surface area contributed by atoms with Gasteiger partial charge in [0.1, 0.15) is 0 Å². The fourth-order valence-electron chi connectivity index (χ4n) is 0.545. The standard InChI is InChI=1S/C5H4FN5/c6-4-1-3(10-11-8)2-9-5(4)7/h1-2H,(H2,7,9). The van der Waals surface area contributed by atoms with Crippen LogP contribution in [0.15, 0.2) is 17.4 Å². The molecule has 0 aliphatic rings. The van der Waals surface area contributed by atoms with Crippen LogP contribution in [0.2, 0.25) is 0 Å². The van der Waals surface area contributed by atoms with Gasteiger partial charge in [0, 0.05) is 11.1 Å². The van der Waals surface area contributed by atoms with E-state index in [4.69, 9.17) is 11.3 Å².